The summed E-state index contributed by atoms with van der Waals surface area (Å²) in [5.41, 5.74) is 6.72. The fourth-order valence-corrected chi connectivity index (χ4v) is 2.95. The third-order valence-electron chi connectivity index (χ3n) is 4.11. The molecule has 20 heavy (non-hydrogen) atoms. The minimum atomic E-state index is -0.358. The van der Waals surface area contributed by atoms with E-state index in [4.69, 9.17) is 5.73 Å². The minimum Gasteiger partial charge on any atom is -0.325 e. The van der Waals surface area contributed by atoms with Crippen molar-refractivity contribution in [1.29, 1.82) is 0 Å². The van der Waals surface area contributed by atoms with Gasteiger partial charge in [-0.25, -0.2) is 4.39 Å². The Morgan fingerprint density at radius 2 is 1.85 bits per heavy atom. The van der Waals surface area contributed by atoms with Crippen LogP contribution in [0.3, 0.4) is 0 Å². The summed E-state index contributed by atoms with van der Waals surface area (Å²) in [7, 11) is 0. The molecule has 110 valence electrons. The lowest BCUT2D eigenvalue weighted by Crippen LogP contribution is -2.47. The fourth-order valence-electron chi connectivity index (χ4n) is 2.95. The Kier molecular flexibility index (Phi) is 4.76. The number of anilines is 1. The van der Waals surface area contributed by atoms with Gasteiger partial charge in [-0.05, 0) is 44.0 Å². The van der Waals surface area contributed by atoms with Crippen LogP contribution in [0.5, 0.6) is 0 Å². The standard InChI is InChI=1S/C16H23FN2O/c1-2-19(14-8-6-13(17)7-9-14)15(20)12-16(18)10-4-3-5-11-16/h6-9H,2-5,10-12,18H2,1H3. The summed E-state index contributed by atoms with van der Waals surface area (Å²) in [6.07, 6.45) is 5.62. The molecule has 0 atom stereocenters. The topological polar surface area (TPSA) is 46.3 Å². The zero-order chi connectivity index (χ0) is 14.6. The first kappa shape index (κ1) is 15.0. The van der Waals surface area contributed by atoms with Gasteiger partial charge < -0.3 is 10.6 Å². The van der Waals surface area contributed by atoms with Gasteiger partial charge in [0.15, 0.2) is 0 Å². The van der Waals surface area contributed by atoms with E-state index in [1.165, 1.54) is 18.6 Å². The summed E-state index contributed by atoms with van der Waals surface area (Å²) >= 11 is 0. The van der Waals surface area contributed by atoms with Crippen molar-refractivity contribution in [2.75, 3.05) is 11.4 Å². The number of hydrogen-bond acceptors (Lipinski definition) is 2. The number of amides is 1. The zero-order valence-corrected chi connectivity index (χ0v) is 12.1. The number of hydrogen-bond donors (Lipinski definition) is 1. The van der Waals surface area contributed by atoms with Crippen LogP contribution >= 0.6 is 0 Å². The summed E-state index contributed by atoms with van der Waals surface area (Å²) < 4.78 is 13.0. The third-order valence-corrected chi connectivity index (χ3v) is 4.11. The lowest BCUT2D eigenvalue weighted by Gasteiger charge is -2.34. The molecule has 3 nitrogen and oxygen atoms in total. The summed E-state index contributed by atoms with van der Waals surface area (Å²) in [6.45, 7) is 2.49. The molecule has 1 saturated carbocycles. The maximum atomic E-state index is 13.0. The van der Waals surface area contributed by atoms with Crippen LogP contribution in [0.2, 0.25) is 0 Å². The molecular formula is C16H23FN2O. The highest BCUT2D eigenvalue weighted by atomic mass is 19.1. The molecule has 1 aliphatic rings. The predicted molar refractivity (Wildman–Crippen MR) is 79.0 cm³/mol. The van der Waals surface area contributed by atoms with Crippen LogP contribution in [0.1, 0.15) is 45.4 Å². The van der Waals surface area contributed by atoms with Crippen molar-refractivity contribution in [3.63, 3.8) is 0 Å². The highest BCUT2D eigenvalue weighted by Gasteiger charge is 2.31. The van der Waals surface area contributed by atoms with E-state index in [1.807, 2.05) is 6.92 Å². The van der Waals surface area contributed by atoms with E-state index < -0.39 is 0 Å². The molecule has 2 rings (SSSR count). The Labute approximate surface area is 120 Å². The Morgan fingerprint density at radius 1 is 1.25 bits per heavy atom. The van der Waals surface area contributed by atoms with E-state index in [-0.39, 0.29) is 17.3 Å². The van der Waals surface area contributed by atoms with Crippen LogP contribution in [0.15, 0.2) is 24.3 Å². The number of halogens is 1. The Hall–Kier alpha value is -1.42. The molecule has 1 fully saturated rings. The molecule has 0 saturated heterocycles. The molecule has 0 unspecified atom stereocenters. The molecular weight excluding hydrogens is 255 g/mol. The molecule has 0 aromatic heterocycles. The SMILES string of the molecule is CCN(C(=O)CC1(N)CCCCC1)c1ccc(F)cc1. The van der Waals surface area contributed by atoms with E-state index in [2.05, 4.69) is 0 Å². The van der Waals surface area contributed by atoms with E-state index in [0.717, 1.165) is 31.4 Å². The van der Waals surface area contributed by atoms with Gasteiger partial charge in [0.2, 0.25) is 5.91 Å². The van der Waals surface area contributed by atoms with E-state index in [0.29, 0.717) is 13.0 Å². The average molecular weight is 278 g/mol. The van der Waals surface area contributed by atoms with Crippen molar-refractivity contribution in [1.82, 2.24) is 0 Å². The van der Waals surface area contributed by atoms with Crippen LogP contribution in [0.25, 0.3) is 0 Å². The summed E-state index contributed by atoms with van der Waals surface area (Å²) in [6, 6.07) is 6.04. The fraction of sp³-hybridized carbons (Fsp3) is 0.562. The van der Waals surface area contributed by atoms with Crippen molar-refractivity contribution in [2.24, 2.45) is 5.73 Å². The zero-order valence-electron chi connectivity index (χ0n) is 12.1. The van der Waals surface area contributed by atoms with Crippen LogP contribution in [0, 0.1) is 5.82 Å². The van der Waals surface area contributed by atoms with Crippen LogP contribution in [-0.2, 0) is 4.79 Å². The molecule has 0 radical (unpaired) electrons. The number of benzene rings is 1. The lowest BCUT2D eigenvalue weighted by atomic mass is 9.80. The molecule has 1 aromatic carbocycles. The second kappa shape index (κ2) is 6.35. The molecule has 1 aliphatic carbocycles. The van der Waals surface area contributed by atoms with Crippen molar-refractivity contribution in [3.05, 3.63) is 30.1 Å². The van der Waals surface area contributed by atoms with Crippen molar-refractivity contribution >= 4 is 11.6 Å². The smallest absolute Gasteiger partial charge is 0.228 e. The first-order chi connectivity index (χ1) is 9.54. The molecule has 0 heterocycles. The molecule has 0 spiro atoms. The highest BCUT2D eigenvalue weighted by Crippen LogP contribution is 2.30. The van der Waals surface area contributed by atoms with Gasteiger partial charge in [0.1, 0.15) is 5.82 Å². The van der Waals surface area contributed by atoms with Crippen molar-refractivity contribution < 1.29 is 9.18 Å². The van der Waals surface area contributed by atoms with Gasteiger partial charge in [0, 0.05) is 24.2 Å². The Balaban J connectivity index is 2.07. The van der Waals surface area contributed by atoms with Gasteiger partial charge >= 0.3 is 0 Å². The first-order valence-electron chi connectivity index (χ1n) is 7.39. The van der Waals surface area contributed by atoms with Gasteiger partial charge in [-0.3, -0.25) is 4.79 Å². The minimum absolute atomic E-state index is 0.0310. The second-order valence-corrected chi connectivity index (χ2v) is 5.71. The average Bonchev–Trinajstić information content (AvgIpc) is 2.42. The third kappa shape index (κ3) is 3.57. The van der Waals surface area contributed by atoms with E-state index >= 15 is 0 Å². The molecule has 1 amide bonds. The van der Waals surface area contributed by atoms with Crippen molar-refractivity contribution in [2.45, 2.75) is 51.0 Å². The van der Waals surface area contributed by atoms with Gasteiger partial charge in [-0.15, -0.1) is 0 Å². The number of rotatable bonds is 4. The summed E-state index contributed by atoms with van der Waals surface area (Å²) in [4.78, 5) is 14.2. The Morgan fingerprint density at radius 3 is 2.40 bits per heavy atom. The maximum Gasteiger partial charge on any atom is 0.228 e. The van der Waals surface area contributed by atoms with Gasteiger partial charge in [0.05, 0.1) is 0 Å². The largest absolute Gasteiger partial charge is 0.325 e. The second-order valence-electron chi connectivity index (χ2n) is 5.71. The van der Waals surface area contributed by atoms with Gasteiger partial charge in [-0.2, -0.15) is 0 Å². The van der Waals surface area contributed by atoms with Crippen molar-refractivity contribution in [3.8, 4) is 0 Å². The highest BCUT2D eigenvalue weighted by molar-refractivity contribution is 5.94. The number of carbonyl (C=O) groups excluding carboxylic acids is 1. The van der Waals surface area contributed by atoms with Gasteiger partial charge in [0.25, 0.3) is 0 Å². The number of carbonyl (C=O) groups is 1. The van der Waals surface area contributed by atoms with E-state index in [9.17, 15) is 9.18 Å². The number of nitrogens with zero attached hydrogens (tertiary/aromatic N) is 1. The molecule has 4 heteroatoms. The van der Waals surface area contributed by atoms with Crippen LogP contribution in [0.4, 0.5) is 10.1 Å². The molecule has 2 N–H and O–H groups in total. The van der Waals surface area contributed by atoms with E-state index in [1.54, 1.807) is 17.0 Å². The predicted octanol–water partition coefficient (Wildman–Crippen LogP) is 3.23. The quantitative estimate of drug-likeness (QED) is 0.919. The molecule has 0 aliphatic heterocycles. The monoisotopic (exact) mass is 278 g/mol. The normalized spacial score (nSPS) is 17.8. The van der Waals surface area contributed by atoms with Gasteiger partial charge in [-0.1, -0.05) is 19.3 Å². The molecule has 0 bridgehead atoms. The maximum absolute atomic E-state index is 13.0. The van der Waals surface area contributed by atoms with Crippen LogP contribution < -0.4 is 10.6 Å². The Bertz CT molecular complexity index is 452. The first-order valence-corrected chi connectivity index (χ1v) is 7.39. The molecule has 1 aromatic rings. The van der Waals surface area contributed by atoms with Crippen LogP contribution in [-0.4, -0.2) is 18.0 Å². The summed E-state index contributed by atoms with van der Waals surface area (Å²) in [5, 5.41) is 0. The number of nitrogens with two attached hydrogens (primary N) is 1. The summed E-state index contributed by atoms with van der Waals surface area (Å²) in [5.74, 6) is -0.261. The lowest BCUT2D eigenvalue weighted by molar-refractivity contribution is -0.120.